The van der Waals surface area contributed by atoms with E-state index >= 15 is 0 Å². The standard InChI is InChI=1S/C18H21NO6/c1-4-23-18(22)17(21)19(3)9-13-14-11-7-5-6-8-12(11)15(25-14)16(13)24-10(2)20/h5-8,13-16H,4,9H2,1-3H3/t13-,14-,15+,16-/m0/s1. The number of likely N-dealkylation sites (N-methyl/N-ethyl adjacent to an activating group) is 1. The van der Waals surface area contributed by atoms with Crippen molar-refractivity contribution in [2.75, 3.05) is 20.2 Å². The topological polar surface area (TPSA) is 82.1 Å². The highest BCUT2D eigenvalue weighted by molar-refractivity contribution is 6.32. The van der Waals surface area contributed by atoms with Crippen molar-refractivity contribution in [3.8, 4) is 0 Å². The Kier molecular flexibility index (Phi) is 4.76. The molecular formula is C18H21NO6. The SMILES string of the molecule is CCOC(=O)C(=O)N(C)C[C@@H]1[C@H](OC(C)=O)[C@@H]2O[C@H]1c1ccccc12. The van der Waals surface area contributed by atoms with Crippen LogP contribution < -0.4 is 0 Å². The zero-order chi connectivity index (χ0) is 18.1. The van der Waals surface area contributed by atoms with Crippen molar-refractivity contribution in [3.05, 3.63) is 35.4 Å². The largest absolute Gasteiger partial charge is 0.459 e. The fourth-order valence-corrected chi connectivity index (χ4v) is 3.60. The van der Waals surface area contributed by atoms with E-state index < -0.39 is 23.9 Å². The summed E-state index contributed by atoms with van der Waals surface area (Å²) in [6, 6.07) is 7.78. The molecule has 134 valence electrons. The van der Waals surface area contributed by atoms with Gasteiger partial charge in [-0.25, -0.2) is 4.79 Å². The summed E-state index contributed by atoms with van der Waals surface area (Å²) >= 11 is 0. The van der Waals surface area contributed by atoms with E-state index in [-0.39, 0.29) is 31.3 Å². The van der Waals surface area contributed by atoms with Crippen LogP contribution >= 0.6 is 0 Å². The van der Waals surface area contributed by atoms with Crippen LogP contribution in [0.25, 0.3) is 0 Å². The molecular weight excluding hydrogens is 326 g/mol. The second-order valence-electron chi connectivity index (χ2n) is 6.25. The average Bonchev–Trinajstić information content (AvgIpc) is 3.11. The molecule has 1 aromatic carbocycles. The Labute approximate surface area is 145 Å². The Morgan fingerprint density at radius 2 is 1.80 bits per heavy atom. The predicted octanol–water partition coefficient (Wildman–Crippen LogP) is 1.38. The van der Waals surface area contributed by atoms with Crippen LogP contribution in [0.4, 0.5) is 0 Å². The Balaban J connectivity index is 1.81. The number of ether oxygens (including phenoxy) is 3. The minimum Gasteiger partial charge on any atom is -0.459 e. The van der Waals surface area contributed by atoms with Gasteiger partial charge < -0.3 is 19.1 Å². The molecule has 1 fully saturated rings. The van der Waals surface area contributed by atoms with E-state index in [1.165, 1.54) is 18.9 Å². The third kappa shape index (κ3) is 3.11. The lowest BCUT2D eigenvalue weighted by atomic mass is 9.81. The lowest BCUT2D eigenvalue weighted by Crippen LogP contribution is -2.43. The molecule has 0 unspecified atom stereocenters. The summed E-state index contributed by atoms with van der Waals surface area (Å²) in [5.74, 6) is -2.26. The van der Waals surface area contributed by atoms with Gasteiger partial charge in [-0.1, -0.05) is 24.3 Å². The monoisotopic (exact) mass is 347 g/mol. The van der Waals surface area contributed by atoms with Crippen LogP contribution in [0.1, 0.15) is 37.2 Å². The first-order valence-electron chi connectivity index (χ1n) is 8.27. The molecule has 25 heavy (non-hydrogen) atoms. The molecule has 3 rings (SSSR count). The number of hydrogen-bond acceptors (Lipinski definition) is 6. The minimum atomic E-state index is -0.890. The first-order valence-corrected chi connectivity index (χ1v) is 8.27. The lowest BCUT2D eigenvalue weighted by Gasteiger charge is -2.31. The maximum absolute atomic E-state index is 12.1. The fraction of sp³-hybridized carbons (Fsp3) is 0.500. The Bertz CT molecular complexity index is 703. The summed E-state index contributed by atoms with van der Waals surface area (Å²) in [5, 5.41) is 0. The summed E-state index contributed by atoms with van der Waals surface area (Å²) in [7, 11) is 1.53. The van der Waals surface area contributed by atoms with E-state index in [0.29, 0.717) is 0 Å². The molecule has 0 saturated carbocycles. The van der Waals surface area contributed by atoms with Crippen molar-refractivity contribution in [1.29, 1.82) is 0 Å². The molecule has 2 bridgehead atoms. The third-order valence-electron chi connectivity index (χ3n) is 4.59. The normalized spacial score (nSPS) is 26.0. The first-order chi connectivity index (χ1) is 11.9. The maximum Gasteiger partial charge on any atom is 0.396 e. The van der Waals surface area contributed by atoms with Crippen LogP contribution in [0.5, 0.6) is 0 Å². The van der Waals surface area contributed by atoms with E-state index in [9.17, 15) is 14.4 Å². The molecule has 0 spiro atoms. The van der Waals surface area contributed by atoms with Crippen LogP contribution in [0.3, 0.4) is 0 Å². The van der Waals surface area contributed by atoms with Crippen LogP contribution in [0, 0.1) is 5.92 Å². The fourth-order valence-electron chi connectivity index (χ4n) is 3.60. The first kappa shape index (κ1) is 17.4. The van der Waals surface area contributed by atoms with Gasteiger partial charge in [-0.15, -0.1) is 0 Å². The van der Waals surface area contributed by atoms with Gasteiger partial charge in [-0.3, -0.25) is 9.59 Å². The van der Waals surface area contributed by atoms with Gasteiger partial charge in [0.1, 0.15) is 12.2 Å². The number of nitrogens with zero attached hydrogens (tertiary/aromatic N) is 1. The Hall–Kier alpha value is -2.41. The molecule has 1 saturated heterocycles. The number of hydrogen-bond donors (Lipinski definition) is 0. The summed E-state index contributed by atoms with van der Waals surface area (Å²) in [5.41, 5.74) is 2.05. The molecule has 0 aromatic heterocycles. The summed E-state index contributed by atoms with van der Waals surface area (Å²) in [6.45, 7) is 3.36. The van der Waals surface area contributed by atoms with Crippen molar-refractivity contribution in [2.45, 2.75) is 32.2 Å². The highest BCUT2D eigenvalue weighted by Crippen LogP contribution is 2.55. The molecule has 0 aliphatic carbocycles. The number of rotatable bonds is 4. The van der Waals surface area contributed by atoms with E-state index in [4.69, 9.17) is 14.2 Å². The molecule has 2 aliphatic rings. The molecule has 0 radical (unpaired) electrons. The predicted molar refractivity (Wildman–Crippen MR) is 86.3 cm³/mol. The van der Waals surface area contributed by atoms with Gasteiger partial charge >= 0.3 is 17.8 Å². The van der Waals surface area contributed by atoms with Gasteiger partial charge in [-0.05, 0) is 18.1 Å². The highest BCUT2D eigenvalue weighted by Gasteiger charge is 2.54. The number of benzene rings is 1. The zero-order valence-corrected chi connectivity index (χ0v) is 14.4. The quantitative estimate of drug-likeness (QED) is 0.605. The number of esters is 2. The maximum atomic E-state index is 12.1. The van der Waals surface area contributed by atoms with Crippen LogP contribution in [-0.2, 0) is 28.6 Å². The number of fused-ring (bicyclic) bond motifs is 5. The van der Waals surface area contributed by atoms with Gasteiger partial charge in [0.05, 0.1) is 12.7 Å². The number of carbonyl (C=O) groups excluding carboxylic acids is 3. The van der Waals surface area contributed by atoms with Gasteiger partial charge in [0.2, 0.25) is 0 Å². The third-order valence-corrected chi connectivity index (χ3v) is 4.59. The van der Waals surface area contributed by atoms with E-state index in [1.807, 2.05) is 24.3 Å². The van der Waals surface area contributed by atoms with Gasteiger partial charge in [0.25, 0.3) is 0 Å². The smallest absolute Gasteiger partial charge is 0.396 e. The molecule has 1 aromatic rings. The second-order valence-corrected chi connectivity index (χ2v) is 6.25. The van der Waals surface area contributed by atoms with Gasteiger partial charge in [0.15, 0.2) is 0 Å². The molecule has 7 heteroatoms. The Morgan fingerprint density at radius 1 is 1.16 bits per heavy atom. The number of carbonyl (C=O) groups is 3. The van der Waals surface area contributed by atoms with E-state index in [2.05, 4.69) is 0 Å². The molecule has 2 heterocycles. The van der Waals surface area contributed by atoms with Crippen molar-refractivity contribution in [2.24, 2.45) is 5.92 Å². The van der Waals surface area contributed by atoms with Crippen molar-refractivity contribution in [1.82, 2.24) is 4.90 Å². The van der Waals surface area contributed by atoms with Gasteiger partial charge in [0, 0.05) is 26.4 Å². The summed E-state index contributed by atoms with van der Waals surface area (Å²) in [4.78, 5) is 36.6. The number of amides is 1. The van der Waals surface area contributed by atoms with Crippen molar-refractivity contribution >= 4 is 17.8 Å². The Morgan fingerprint density at radius 3 is 2.40 bits per heavy atom. The van der Waals surface area contributed by atoms with Crippen molar-refractivity contribution < 1.29 is 28.6 Å². The summed E-state index contributed by atoms with van der Waals surface area (Å²) in [6.07, 6.45) is -1.11. The minimum absolute atomic E-state index is 0.138. The second kappa shape index (κ2) is 6.84. The molecule has 2 aliphatic heterocycles. The molecule has 0 N–H and O–H groups in total. The highest BCUT2D eigenvalue weighted by atomic mass is 16.6. The van der Waals surface area contributed by atoms with Crippen LogP contribution in [0.2, 0.25) is 0 Å². The van der Waals surface area contributed by atoms with Crippen LogP contribution in [0.15, 0.2) is 24.3 Å². The summed E-state index contributed by atoms with van der Waals surface area (Å²) < 4.78 is 16.3. The van der Waals surface area contributed by atoms with E-state index in [1.54, 1.807) is 6.92 Å². The van der Waals surface area contributed by atoms with E-state index in [0.717, 1.165) is 11.1 Å². The lowest BCUT2D eigenvalue weighted by molar-refractivity contribution is -0.160. The molecule has 1 amide bonds. The molecule has 4 atom stereocenters. The van der Waals surface area contributed by atoms with Crippen LogP contribution in [-0.4, -0.2) is 49.0 Å². The molecule has 7 nitrogen and oxygen atoms in total. The van der Waals surface area contributed by atoms with Crippen molar-refractivity contribution in [3.63, 3.8) is 0 Å². The van der Waals surface area contributed by atoms with Gasteiger partial charge in [-0.2, -0.15) is 0 Å². The zero-order valence-electron chi connectivity index (χ0n) is 14.4. The average molecular weight is 347 g/mol.